The van der Waals surface area contributed by atoms with Crippen LogP contribution in [0.25, 0.3) is 0 Å². The molecule has 1 aromatic rings. The van der Waals surface area contributed by atoms with E-state index >= 15 is 0 Å². The second-order valence-corrected chi connectivity index (χ2v) is 5.98. The first-order valence-electron chi connectivity index (χ1n) is 6.36. The number of methoxy groups -OCH3 is 1. The van der Waals surface area contributed by atoms with E-state index in [2.05, 4.69) is 10.1 Å². The number of esters is 1. The predicted molar refractivity (Wildman–Crippen MR) is 77.1 cm³/mol. The smallest absolute Gasteiger partial charge is 0.325 e. The fraction of sp³-hybridized carbons (Fsp3) is 0.462. The van der Waals surface area contributed by atoms with Gasteiger partial charge in [-0.1, -0.05) is 13.8 Å². The van der Waals surface area contributed by atoms with Crippen molar-refractivity contribution < 1.29 is 17.9 Å². The number of benzene rings is 1. The lowest BCUT2D eigenvalue weighted by atomic mass is 10.3. The average Bonchev–Trinajstić information content (AvgIpc) is 2.46. The Morgan fingerprint density at radius 3 is 2.20 bits per heavy atom. The normalized spacial score (nSPS) is 11.4. The fourth-order valence-electron chi connectivity index (χ4n) is 1.70. The van der Waals surface area contributed by atoms with Gasteiger partial charge in [0, 0.05) is 18.8 Å². The summed E-state index contributed by atoms with van der Waals surface area (Å²) >= 11 is 0. The highest BCUT2D eigenvalue weighted by molar-refractivity contribution is 7.89. The van der Waals surface area contributed by atoms with E-state index in [-0.39, 0.29) is 17.4 Å². The Labute approximate surface area is 119 Å². The van der Waals surface area contributed by atoms with Crippen LogP contribution < -0.4 is 5.32 Å². The molecule has 0 atom stereocenters. The highest BCUT2D eigenvalue weighted by atomic mass is 32.2. The van der Waals surface area contributed by atoms with Gasteiger partial charge < -0.3 is 10.1 Å². The number of rotatable bonds is 7. The largest absolute Gasteiger partial charge is 0.468 e. The number of hydrogen-bond donors (Lipinski definition) is 1. The van der Waals surface area contributed by atoms with E-state index in [0.29, 0.717) is 18.8 Å². The molecule has 0 fully saturated rings. The van der Waals surface area contributed by atoms with Crippen LogP contribution in [0.1, 0.15) is 13.8 Å². The molecule has 20 heavy (non-hydrogen) atoms. The molecule has 0 unspecified atom stereocenters. The van der Waals surface area contributed by atoms with Gasteiger partial charge in [-0.2, -0.15) is 4.31 Å². The number of sulfonamides is 1. The number of ether oxygens (including phenoxy) is 1. The Bertz CT molecular complexity index is 536. The van der Waals surface area contributed by atoms with Gasteiger partial charge in [0.05, 0.1) is 12.0 Å². The molecule has 0 saturated heterocycles. The van der Waals surface area contributed by atoms with Crippen LogP contribution in [-0.4, -0.2) is 45.4 Å². The summed E-state index contributed by atoms with van der Waals surface area (Å²) in [4.78, 5) is 11.2. The highest BCUT2D eigenvalue weighted by Gasteiger charge is 2.21. The van der Waals surface area contributed by atoms with E-state index in [1.807, 2.05) is 0 Å². The summed E-state index contributed by atoms with van der Waals surface area (Å²) in [5.74, 6) is -0.384. The van der Waals surface area contributed by atoms with Crippen molar-refractivity contribution in [3.8, 4) is 0 Å². The Hall–Kier alpha value is -1.60. The van der Waals surface area contributed by atoms with Gasteiger partial charge in [-0.05, 0) is 24.3 Å². The van der Waals surface area contributed by atoms with E-state index in [1.165, 1.54) is 23.5 Å². The number of nitrogens with zero attached hydrogens (tertiary/aromatic N) is 1. The molecule has 112 valence electrons. The number of carbonyl (C=O) groups is 1. The second kappa shape index (κ2) is 7.25. The minimum absolute atomic E-state index is 0.0403. The molecule has 0 aliphatic heterocycles. The maximum Gasteiger partial charge on any atom is 0.325 e. The lowest BCUT2D eigenvalue weighted by Gasteiger charge is -2.18. The third-order valence-electron chi connectivity index (χ3n) is 2.86. The summed E-state index contributed by atoms with van der Waals surface area (Å²) in [6, 6.07) is 6.29. The van der Waals surface area contributed by atoms with E-state index in [0.717, 1.165) is 0 Å². The van der Waals surface area contributed by atoms with Crippen molar-refractivity contribution in [2.75, 3.05) is 32.1 Å². The molecule has 1 N–H and O–H groups in total. The van der Waals surface area contributed by atoms with Crippen LogP contribution in [0, 0.1) is 0 Å². The SMILES string of the molecule is CCN(CC)S(=O)(=O)c1ccc(NCC(=O)OC)cc1. The molecule has 0 bridgehead atoms. The lowest BCUT2D eigenvalue weighted by Crippen LogP contribution is -2.30. The lowest BCUT2D eigenvalue weighted by molar-refractivity contribution is -0.138. The molecule has 6 nitrogen and oxygen atoms in total. The van der Waals surface area contributed by atoms with Gasteiger partial charge in [0.15, 0.2) is 0 Å². The van der Waals surface area contributed by atoms with E-state index in [4.69, 9.17) is 0 Å². The first-order chi connectivity index (χ1) is 9.45. The van der Waals surface area contributed by atoms with Crippen molar-refractivity contribution in [2.24, 2.45) is 0 Å². The zero-order valence-corrected chi connectivity index (χ0v) is 12.7. The van der Waals surface area contributed by atoms with Gasteiger partial charge in [-0.3, -0.25) is 4.79 Å². The molecular weight excluding hydrogens is 280 g/mol. The predicted octanol–water partition coefficient (Wildman–Crippen LogP) is 1.30. The van der Waals surface area contributed by atoms with Crippen LogP contribution in [0.15, 0.2) is 29.2 Å². The molecule has 1 aromatic carbocycles. The molecule has 0 amide bonds. The average molecular weight is 300 g/mol. The van der Waals surface area contributed by atoms with Gasteiger partial charge >= 0.3 is 5.97 Å². The van der Waals surface area contributed by atoms with Crippen LogP contribution in [0.2, 0.25) is 0 Å². The van der Waals surface area contributed by atoms with Crippen LogP contribution in [0.3, 0.4) is 0 Å². The van der Waals surface area contributed by atoms with Crippen molar-refractivity contribution in [3.05, 3.63) is 24.3 Å². The first-order valence-corrected chi connectivity index (χ1v) is 7.80. The van der Waals surface area contributed by atoms with E-state index < -0.39 is 10.0 Å². The molecule has 7 heteroatoms. The molecule has 0 aromatic heterocycles. The van der Waals surface area contributed by atoms with E-state index in [9.17, 15) is 13.2 Å². The first kappa shape index (κ1) is 16.5. The number of carbonyl (C=O) groups excluding carboxylic acids is 1. The third-order valence-corrected chi connectivity index (χ3v) is 4.93. The molecule has 0 radical (unpaired) electrons. The molecule has 0 aliphatic rings. The minimum Gasteiger partial charge on any atom is -0.468 e. The zero-order valence-electron chi connectivity index (χ0n) is 11.9. The topological polar surface area (TPSA) is 75.7 Å². The summed E-state index contributed by atoms with van der Waals surface area (Å²) in [5, 5.41) is 2.85. The summed E-state index contributed by atoms with van der Waals surface area (Å²) in [5.41, 5.74) is 0.661. The van der Waals surface area contributed by atoms with Gasteiger partial charge in [-0.25, -0.2) is 8.42 Å². The zero-order chi connectivity index (χ0) is 15.2. The maximum absolute atomic E-state index is 12.2. The van der Waals surface area contributed by atoms with Gasteiger partial charge in [0.25, 0.3) is 0 Å². The minimum atomic E-state index is -3.44. The number of nitrogens with one attached hydrogen (secondary N) is 1. The Kier molecular flexibility index (Phi) is 5.97. The van der Waals surface area contributed by atoms with E-state index in [1.54, 1.807) is 26.0 Å². The summed E-state index contributed by atoms with van der Waals surface area (Å²) in [7, 11) is -2.13. The molecule has 1 rings (SSSR count). The van der Waals surface area contributed by atoms with Gasteiger partial charge in [0.1, 0.15) is 6.54 Å². The summed E-state index contributed by atoms with van der Waals surface area (Å²) in [6.07, 6.45) is 0. The highest BCUT2D eigenvalue weighted by Crippen LogP contribution is 2.18. The van der Waals surface area contributed by atoms with Crippen LogP contribution in [0.4, 0.5) is 5.69 Å². The Morgan fingerprint density at radius 1 is 1.20 bits per heavy atom. The second-order valence-electron chi connectivity index (χ2n) is 4.04. The molecule has 0 heterocycles. The van der Waals surface area contributed by atoms with Crippen LogP contribution in [-0.2, 0) is 19.6 Å². The monoisotopic (exact) mass is 300 g/mol. The Balaban J connectivity index is 2.83. The summed E-state index contributed by atoms with van der Waals surface area (Å²) < 4.78 is 30.4. The third kappa shape index (κ3) is 3.94. The fourth-order valence-corrected chi connectivity index (χ4v) is 3.16. The Morgan fingerprint density at radius 2 is 1.75 bits per heavy atom. The van der Waals surface area contributed by atoms with Crippen molar-refractivity contribution in [2.45, 2.75) is 18.7 Å². The van der Waals surface area contributed by atoms with Crippen LogP contribution >= 0.6 is 0 Å². The van der Waals surface area contributed by atoms with Crippen molar-refractivity contribution in [3.63, 3.8) is 0 Å². The van der Waals surface area contributed by atoms with Gasteiger partial charge in [-0.15, -0.1) is 0 Å². The van der Waals surface area contributed by atoms with Crippen molar-refractivity contribution in [1.82, 2.24) is 4.31 Å². The van der Waals surface area contributed by atoms with Crippen molar-refractivity contribution in [1.29, 1.82) is 0 Å². The van der Waals surface area contributed by atoms with Crippen LogP contribution in [0.5, 0.6) is 0 Å². The van der Waals surface area contributed by atoms with Crippen molar-refractivity contribution >= 4 is 21.7 Å². The summed E-state index contributed by atoms with van der Waals surface area (Å²) in [6.45, 7) is 4.50. The molecular formula is C13H20N2O4S. The molecule has 0 spiro atoms. The standard InChI is InChI=1S/C13H20N2O4S/c1-4-15(5-2)20(17,18)12-8-6-11(7-9-12)14-10-13(16)19-3/h6-9,14H,4-5,10H2,1-3H3. The number of anilines is 1. The van der Waals surface area contributed by atoms with Gasteiger partial charge in [0.2, 0.25) is 10.0 Å². The molecule has 0 saturated carbocycles. The maximum atomic E-state index is 12.2. The quantitative estimate of drug-likeness (QED) is 0.768. The molecule has 0 aliphatic carbocycles. The number of hydrogen-bond acceptors (Lipinski definition) is 5.